The predicted molar refractivity (Wildman–Crippen MR) is 45.6 cm³/mol. The molecule has 4 nitrogen and oxygen atoms in total. The number of aromatic nitrogens is 2. The van der Waals surface area contributed by atoms with Crippen LogP contribution < -0.4 is 0 Å². The van der Waals surface area contributed by atoms with Crippen LogP contribution in [0.3, 0.4) is 0 Å². The monoisotopic (exact) mass is 204 g/mol. The van der Waals surface area contributed by atoms with Gasteiger partial charge in [0.15, 0.2) is 10.9 Å². The van der Waals surface area contributed by atoms with Crippen molar-refractivity contribution >= 4 is 29.3 Å². The van der Waals surface area contributed by atoms with Crippen molar-refractivity contribution in [2.45, 2.75) is 5.16 Å². The van der Waals surface area contributed by atoms with Gasteiger partial charge in [-0.05, 0) is 6.07 Å². The van der Waals surface area contributed by atoms with Gasteiger partial charge in [0.25, 0.3) is 0 Å². The Hall–Kier alpha value is -0.810. The summed E-state index contributed by atoms with van der Waals surface area (Å²) >= 11 is 6.59. The fraction of sp³-hybridized carbons (Fsp3) is 0.167. The summed E-state index contributed by atoms with van der Waals surface area (Å²) in [7, 11) is 0. The number of carboxylic acids is 1. The molecular weight excluding hydrogens is 200 g/mol. The van der Waals surface area contributed by atoms with Crippen molar-refractivity contribution in [1.82, 2.24) is 9.97 Å². The highest BCUT2D eigenvalue weighted by atomic mass is 35.5. The molecule has 1 aromatic heterocycles. The van der Waals surface area contributed by atoms with Crippen LogP contribution in [0.5, 0.6) is 0 Å². The van der Waals surface area contributed by atoms with Crippen LogP contribution in [0.25, 0.3) is 0 Å². The normalized spacial score (nSPS) is 9.75. The molecule has 6 heteroatoms. The van der Waals surface area contributed by atoms with Crippen molar-refractivity contribution < 1.29 is 9.90 Å². The molecule has 64 valence electrons. The van der Waals surface area contributed by atoms with E-state index in [2.05, 4.69) is 9.97 Å². The van der Waals surface area contributed by atoms with Gasteiger partial charge in [0, 0.05) is 6.20 Å². The minimum atomic E-state index is -1.06. The topological polar surface area (TPSA) is 63.1 Å². The van der Waals surface area contributed by atoms with Gasteiger partial charge in [-0.2, -0.15) is 0 Å². The third-order valence-corrected chi connectivity index (χ3v) is 1.93. The first-order chi connectivity index (χ1) is 5.74. The van der Waals surface area contributed by atoms with Gasteiger partial charge < -0.3 is 5.11 Å². The Balaban J connectivity index is 2.88. The van der Waals surface area contributed by atoms with Crippen molar-refractivity contribution in [3.05, 3.63) is 18.0 Å². The van der Waals surface area contributed by atoms with E-state index in [9.17, 15) is 4.79 Å². The number of hydrogen-bond acceptors (Lipinski definition) is 4. The number of carboxylic acid groups (broad SMARTS) is 1. The Kier molecular flexibility index (Phi) is 3.31. The van der Waals surface area contributed by atoms with E-state index in [0.717, 1.165) is 0 Å². The Morgan fingerprint density at radius 2 is 2.50 bits per heavy atom. The highest BCUT2D eigenvalue weighted by molar-refractivity contribution is 8.00. The van der Waals surface area contributed by atoms with Crippen LogP contribution >= 0.6 is 23.4 Å². The van der Waals surface area contributed by atoms with Crippen molar-refractivity contribution in [3.63, 3.8) is 0 Å². The fourth-order valence-corrected chi connectivity index (χ4v) is 1.27. The van der Waals surface area contributed by atoms with E-state index in [0.29, 0.717) is 10.4 Å². The molecule has 12 heavy (non-hydrogen) atoms. The number of carbonyl (C=O) groups is 1. The Morgan fingerprint density at radius 1 is 1.75 bits per heavy atom. The minimum Gasteiger partial charge on any atom is -0.477 e. The summed E-state index contributed by atoms with van der Waals surface area (Å²) < 4.78 is 0. The maximum Gasteiger partial charge on any atom is 0.354 e. The molecule has 0 aliphatic rings. The lowest BCUT2D eigenvalue weighted by Crippen LogP contribution is -2.01. The number of aromatic carboxylic acids is 1. The number of hydrogen-bond donors (Lipinski definition) is 1. The van der Waals surface area contributed by atoms with E-state index in [1.54, 1.807) is 0 Å². The molecule has 0 spiro atoms. The molecular formula is C6H5ClN2O2S. The number of thioether (sulfide) groups is 1. The second-order valence-electron chi connectivity index (χ2n) is 1.78. The summed E-state index contributed by atoms with van der Waals surface area (Å²) in [5, 5.41) is 9.23. The molecule has 0 fully saturated rings. The SMILES string of the molecule is O=C(O)c1ccnc(SCCl)n1. The molecule has 0 saturated carbocycles. The van der Waals surface area contributed by atoms with Gasteiger partial charge in [-0.25, -0.2) is 14.8 Å². The van der Waals surface area contributed by atoms with Gasteiger partial charge in [-0.1, -0.05) is 11.8 Å². The van der Waals surface area contributed by atoms with E-state index in [1.807, 2.05) is 0 Å². The Bertz CT molecular complexity index is 295. The smallest absolute Gasteiger partial charge is 0.354 e. The van der Waals surface area contributed by atoms with Crippen molar-refractivity contribution in [2.24, 2.45) is 0 Å². The van der Waals surface area contributed by atoms with Crippen LogP contribution in [0.2, 0.25) is 0 Å². The van der Waals surface area contributed by atoms with E-state index in [-0.39, 0.29) is 5.69 Å². The Morgan fingerprint density at radius 3 is 3.08 bits per heavy atom. The van der Waals surface area contributed by atoms with E-state index < -0.39 is 5.97 Å². The average molecular weight is 205 g/mol. The summed E-state index contributed by atoms with van der Waals surface area (Å²) in [5.41, 5.74) is -0.0161. The zero-order valence-corrected chi connectivity index (χ0v) is 7.47. The Labute approximate surface area is 78.0 Å². The number of nitrogens with zero attached hydrogens (tertiary/aromatic N) is 2. The summed E-state index contributed by atoms with van der Waals surface area (Å²) in [4.78, 5) is 18.0. The zero-order valence-electron chi connectivity index (χ0n) is 5.90. The highest BCUT2D eigenvalue weighted by Crippen LogP contribution is 2.13. The average Bonchev–Trinajstić information content (AvgIpc) is 2.05. The van der Waals surface area contributed by atoms with E-state index in [4.69, 9.17) is 16.7 Å². The minimum absolute atomic E-state index is 0.0161. The lowest BCUT2D eigenvalue weighted by atomic mass is 10.4. The third kappa shape index (κ3) is 2.35. The lowest BCUT2D eigenvalue weighted by Gasteiger charge is -1.96. The van der Waals surface area contributed by atoms with E-state index >= 15 is 0 Å². The summed E-state index contributed by atoms with van der Waals surface area (Å²) in [5.74, 6) is -1.06. The van der Waals surface area contributed by atoms with Gasteiger partial charge in [0.1, 0.15) is 0 Å². The first kappa shape index (κ1) is 9.28. The molecule has 0 aromatic carbocycles. The van der Waals surface area contributed by atoms with Gasteiger partial charge in [0.2, 0.25) is 0 Å². The standard InChI is InChI=1S/C6H5ClN2O2S/c7-3-12-6-8-2-1-4(9-6)5(10)11/h1-2H,3H2,(H,10,11). The van der Waals surface area contributed by atoms with E-state index in [1.165, 1.54) is 24.0 Å². The first-order valence-corrected chi connectivity index (χ1v) is 4.51. The van der Waals surface area contributed by atoms with Crippen LogP contribution in [0.1, 0.15) is 10.5 Å². The van der Waals surface area contributed by atoms with Crippen molar-refractivity contribution in [3.8, 4) is 0 Å². The fourth-order valence-electron chi connectivity index (χ4n) is 0.578. The number of rotatable bonds is 3. The molecule has 1 N–H and O–H groups in total. The summed E-state index contributed by atoms with van der Waals surface area (Å²) in [6.07, 6.45) is 1.39. The van der Waals surface area contributed by atoms with Crippen molar-refractivity contribution in [1.29, 1.82) is 0 Å². The predicted octanol–water partition coefficient (Wildman–Crippen LogP) is 1.46. The largest absolute Gasteiger partial charge is 0.477 e. The lowest BCUT2D eigenvalue weighted by molar-refractivity contribution is 0.0689. The number of halogens is 1. The van der Waals surface area contributed by atoms with Gasteiger partial charge in [0.05, 0.1) is 5.21 Å². The summed E-state index contributed by atoms with van der Waals surface area (Å²) in [6, 6.07) is 1.33. The molecule has 0 amide bonds. The second-order valence-corrected chi connectivity index (χ2v) is 3.31. The molecule has 0 unspecified atom stereocenters. The quantitative estimate of drug-likeness (QED) is 0.459. The molecule has 0 saturated heterocycles. The molecule has 1 aromatic rings. The second kappa shape index (κ2) is 4.27. The van der Waals surface area contributed by atoms with Crippen LogP contribution in [-0.2, 0) is 0 Å². The van der Waals surface area contributed by atoms with Crippen LogP contribution in [0, 0.1) is 0 Å². The summed E-state index contributed by atoms with van der Waals surface area (Å²) in [6.45, 7) is 0. The molecule has 0 aliphatic heterocycles. The van der Waals surface area contributed by atoms with Gasteiger partial charge in [-0.3, -0.25) is 0 Å². The number of alkyl halides is 1. The molecule has 1 heterocycles. The maximum absolute atomic E-state index is 10.4. The van der Waals surface area contributed by atoms with Crippen LogP contribution in [-0.4, -0.2) is 26.3 Å². The van der Waals surface area contributed by atoms with Gasteiger partial charge in [-0.15, -0.1) is 11.6 Å². The molecule has 0 atom stereocenters. The molecule has 0 bridgehead atoms. The molecule has 0 radical (unpaired) electrons. The van der Waals surface area contributed by atoms with Gasteiger partial charge >= 0.3 is 5.97 Å². The van der Waals surface area contributed by atoms with Crippen molar-refractivity contribution in [2.75, 3.05) is 5.21 Å². The highest BCUT2D eigenvalue weighted by Gasteiger charge is 2.05. The maximum atomic E-state index is 10.4. The molecule has 1 rings (SSSR count). The van der Waals surface area contributed by atoms with Crippen LogP contribution in [0.15, 0.2) is 17.4 Å². The zero-order chi connectivity index (χ0) is 8.97. The molecule has 0 aliphatic carbocycles. The van der Waals surface area contributed by atoms with Crippen LogP contribution in [0.4, 0.5) is 0 Å². The third-order valence-electron chi connectivity index (χ3n) is 1.04. The first-order valence-electron chi connectivity index (χ1n) is 2.99.